The molecule has 3 heteroatoms. The molecule has 1 heterocycles. The van der Waals surface area contributed by atoms with Crippen LogP contribution < -0.4 is 5.32 Å². The Labute approximate surface area is 118 Å². The molecule has 3 nitrogen and oxygen atoms in total. The van der Waals surface area contributed by atoms with E-state index in [4.69, 9.17) is 0 Å². The van der Waals surface area contributed by atoms with E-state index in [-0.39, 0.29) is 5.91 Å². The molecule has 0 aliphatic carbocycles. The molecule has 20 heavy (non-hydrogen) atoms. The molecule has 0 spiro atoms. The van der Waals surface area contributed by atoms with Crippen LogP contribution in [0.3, 0.4) is 0 Å². The highest BCUT2D eigenvalue weighted by Crippen LogP contribution is 2.29. The Hall–Kier alpha value is -2.29. The number of nitrogens with zero attached hydrogens (tertiary/aromatic N) is 1. The van der Waals surface area contributed by atoms with Crippen molar-refractivity contribution in [1.29, 1.82) is 0 Å². The molecule has 3 rings (SSSR count). The lowest BCUT2D eigenvalue weighted by Gasteiger charge is -2.10. The van der Waals surface area contributed by atoms with Gasteiger partial charge in [0.25, 0.3) is 0 Å². The van der Waals surface area contributed by atoms with E-state index in [1.165, 1.54) is 27.2 Å². The molecule has 0 radical (unpaired) electrons. The summed E-state index contributed by atoms with van der Waals surface area (Å²) in [6, 6.07) is 12.8. The van der Waals surface area contributed by atoms with Gasteiger partial charge in [0.15, 0.2) is 0 Å². The number of amides is 1. The van der Waals surface area contributed by atoms with E-state index in [2.05, 4.69) is 59.4 Å². The third-order valence-corrected chi connectivity index (χ3v) is 3.70. The van der Waals surface area contributed by atoms with E-state index in [1.54, 1.807) is 6.92 Å². The monoisotopic (exact) mass is 266 g/mol. The lowest BCUT2D eigenvalue weighted by molar-refractivity contribution is -0.118. The summed E-state index contributed by atoms with van der Waals surface area (Å²) in [5.74, 6) is 0.0159. The van der Waals surface area contributed by atoms with Crippen LogP contribution in [0.15, 0.2) is 42.6 Å². The van der Waals surface area contributed by atoms with Crippen molar-refractivity contribution in [2.75, 3.05) is 6.54 Å². The number of carbonyl (C=O) groups excluding carboxylic acids is 1. The minimum absolute atomic E-state index is 0.0159. The molecule has 0 unspecified atom stereocenters. The van der Waals surface area contributed by atoms with Gasteiger partial charge < -0.3 is 9.88 Å². The highest BCUT2D eigenvalue weighted by Gasteiger charge is 2.08. The van der Waals surface area contributed by atoms with Crippen LogP contribution in [-0.4, -0.2) is 17.0 Å². The number of nitrogens with one attached hydrogen (secondary N) is 1. The maximum absolute atomic E-state index is 11.0. The van der Waals surface area contributed by atoms with Crippen molar-refractivity contribution < 1.29 is 4.79 Å². The number of aryl methyl sites for hydroxylation is 1. The predicted octanol–water partition coefficient (Wildman–Crippen LogP) is 3.24. The fraction of sp³-hybridized carbons (Fsp3) is 0.235. The second kappa shape index (κ2) is 5.00. The van der Waals surface area contributed by atoms with Gasteiger partial charge in [-0.1, -0.05) is 24.3 Å². The smallest absolute Gasteiger partial charge is 0.216 e. The molecule has 1 aromatic heterocycles. The van der Waals surface area contributed by atoms with Gasteiger partial charge in [0.2, 0.25) is 5.91 Å². The Morgan fingerprint density at radius 2 is 1.95 bits per heavy atom. The molecule has 0 saturated heterocycles. The number of rotatable bonds is 3. The molecule has 0 aliphatic rings. The van der Waals surface area contributed by atoms with Gasteiger partial charge in [-0.3, -0.25) is 4.79 Å². The van der Waals surface area contributed by atoms with Crippen molar-refractivity contribution in [2.45, 2.75) is 20.4 Å². The molecule has 102 valence electrons. The highest BCUT2D eigenvalue weighted by molar-refractivity contribution is 6.07. The quantitative estimate of drug-likeness (QED) is 0.776. The molecule has 1 N–H and O–H groups in total. The number of hydrogen-bond acceptors (Lipinski definition) is 1. The first-order chi connectivity index (χ1) is 9.66. The average molecular weight is 266 g/mol. The van der Waals surface area contributed by atoms with E-state index in [1.807, 2.05) is 0 Å². The molecular formula is C17H18N2O. The zero-order valence-electron chi connectivity index (χ0n) is 11.8. The van der Waals surface area contributed by atoms with Crippen molar-refractivity contribution in [3.63, 3.8) is 0 Å². The Kier molecular flexibility index (Phi) is 3.18. The summed E-state index contributed by atoms with van der Waals surface area (Å²) in [6.45, 7) is 5.14. The van der Waals surface area contributed by atoms with Gasteiger partial charge in [-0.2, -0.15) is 0 Å². The standard InChI is InChI=1S/C17H18N2O/c1-12-11-14-7-9-19(10-8-18-13(2)20)17(14)16-6-4-3-5-15(12)16/h3-7,9,11H,8,10H2,1-2H3,(H,18,20). The summed E-state index contributed by atoms with van der Waals surface area (Å²) in [7, 11) is 0. The van der Waals surface area contributed by atoms with Gasteiger partial charge in [0.05, 0.1) is 5.52 Å². The number of hydrogen-bond donors (Lipinski definition) is 1. The third-order valence-electron chi connectivity index (χ3n) is 3.70. The van der Waals surface area contributed by atoms with E-state index >= 15 is 0 Å². The summed E-state index contributed by atoms with van der Waals surface area (Å²) in [4.78, 5) is 11.0. The molecule has 2 aromatic carbocycles. The van der Waals surface area contributed by atoms with E-state index < -0.39 is 0 Å². The molecule has 0 bridgehead atoms. The Bertz CT molecular complexity index is 786. The first-order valence-electron chi connectivity index (χ1n) is 6.88. The lowest BCUT2D eigenvalue weighted by Crippen LogP contribution is -2.24. The average Bonchev–Trinajstić information content (AvgIpc) is 2.82. The predicted molar refractivity (Wildman–Crippen MR) is 82.9 cm³/mol. The molecule has 3 aromatic rings. The molecule has 0 atom stereocenters. The number of carbonyl (C=O) groups is 1. The van der Waals surface area contributed by atoms with Crippen molar-refractivity contribution >= 4 is 27.6 Å². The first-order valence-corrected chi connectivity index (χ1v) is 6.88. The normalized spacial score (nSPS) is 11.1. The second-order valence-electron chi connectivity index (χ2n) is 5.17. The van der Waals surface area contributed by atoms with E-state index in [0.717, 1.165) is 6.54 Å². The summed E-state index contributed by atoms with van der Waals surface area (Å²) in [6.07, 6.45) is 2.10. The Balaban J connectivity index is 2.10. The van der Waals surface area contributed by atoms with Crippen molar-refractivity contribution in [3.05, 3.63) is 48.2 Å². The van der Waals surface area contributed by atoms with Gasteiger partial charge in [-0.25, -0.2) is 0 Å². The second-order valence-corrected chi connectivity index (χ2v) is 5.17. The van der Waals surface area contributed by atoms with Crippen LogP contribution in [-0.2, 0) is 11.3 Å². The van der Waals surface area contributed by atoms with Crippen LogP contribution in [0.5, 0.6) is 0 Å². The van der Waals surface area contributed by atoms with Crippen LogP contribution >= 0.6 is 0 Å². The Morgan fingerprint density at radius 1 is 1.20 bits per heavy atom. The van der Waals surface area contributed by atoms with Crippen LogP contribution in [0, 0.1) is 6.92 Å². The highest BCUT2D eigenvalue weighted by atomic mass is 16.1. The van der Waals surface area contributed by atoms with Gasteiger partial charge in [0, 0.05) is 37.0 Å². The zero-order valence-corrected chi connectivity index (χ0v) is 11.8. The third kappa shape index (κ3) is 2.16. The summed E-state index contributed by atoms with van der Waals surface area (Å²) in [5.41, 5.74) is 2.55. The topological polar surface area (TPSA) is 34.0 Å². The van der Waals surface area contributed by atoms with Crippen LogP contribution in [0.1, 0.15) is 12.5 Å². The van der Waals surface area contributed by atoms with E-state index in [0.29, 0.717) is 6.54 Å². The Morgan fingerprint density at radius 3 is 2.70 bits per heavy atom. The van der Waals surface area contributed by atoms with E-state index in [9.17, 15) is 4.79 Å². The summed E-state index contributed by atoms with van der Waals surface area (Å²) >= 11 is 0. The minimum atomic E-state index is 0.0159. The maximum Gasteiger partial charge on any atom is 0.216 e. The van der Waals surface area contributed by atoms with Gasteiger partial charge in [-0.05, 0) is 30.0 Å². The minimum Gasteiger partial charge on any atom is -0.355 e. The fourth-order valence-electron chi connectivity index (χ4n) is 2.80. The molecule has 0 aliphatic heterocycles. The van der Waals surface area contributed by atoms with Crippen LogP contribution in [0.4, 0.5) is 0 Å². The van der Waals surface area contributed by atoms with Crippen molar-refractivity contribution in [2.24, 2.45) is 0 Å². The number of benzene rings is 2. The molecular weight excluding hydrogens is 248 g/mol. The number of fused-ring (bicyclic) bond motifs is 3. The van der Waals surface area contributed by atoms with Gasteiger partial charge in [0.1, 0.15) is 0 Å². The zero-order chi connectivity index (χ0) is 14.1. The molecule has 0 saturated carbocycles. The molecule has 1 amide bonds. The summed E-state index contributed by atoms with van der Waals surface area (Å²) < 4.78 is 2.22. The molecule has 0 fully saturated rings. The van der Waals surface area contributed by atoms with Crippen LogP contribution in [0.2, 0.25) is 0 Å². The number of aromatic nitrogens is 1. The van der Waals surface area contributed by atoms with Gasteiger partial charge in [-0.15, -0.1) is 0 Å². The van der Waals surface area contributed by atoms with Crippen LogP contribution in [0.25, 0.3) is 21.7 Å². The SMILES string of the molecule is CC(=O)NCCn1ccc2cc(C)c3ccccc3c21. The van der Waals surface area contributed by atoms with Crippen molar-refractivity contribution in [1.82, 2.24) is 9.88 Å². The first kappa shape index (κ1) is 12.7. The van der Waals surface area contributed by atoms with Crippen molar-refractivity contribution in [3.8, 4) is 0 Å². The maximum atomic E-state index is 11.0. The largest absolute Gasteiger partial charge is 0.355 e. The van der Waals surface area contributed by atoms with Gasteiger partial charge >= 0.3 is 0 Å². The lowest BCUT2D eigenvalue weighted by atomic mass is 10.0. The fourth-order valence-corrected chi connectivity index (χ4v) is 2.80. The summed E-state index contributed by atoms with van der Waals surface area (Å²) in [5, 5.41) is 6.67.